The number of benzene rings is 1. The maximum absolute atomic E-state index is 12.8. The Labute approximate surface area is 121 Å². The molecule has 0 aliphatic carbocycles. The van der Waals surface area contributed by atoms with Gasteiger partial charge in [0.15, 0.2) is 0 Å². The minimum Gasteiger partial charge on any atom is -0.221 e. The van der Waals surface area contributed by atoms with E-state index in [1.165, 1.54) is 4.68 Å². The Morgan fingerprint density at radius 2 is 2.11 bits per heavy atom. The highest BCUT2D eigenvalue weighted by molar-refractivity contribution is 9.10. The first-order valence-corrected chi connectivity index (χ1v) is 6.62. The second-order valence-electron chi connectivity index (χ2n) is 3.48. The Kier molecular flexibility index (Phi) is 4.25. The molecule has 1 heterocycles. The van der Waals surface area contributed by atoms with Gasteiger partial charge in [0.2, 0.25) is 0 Å². The fraction of sp³-hybridized carbons (Fsp3) is 0.182. The second-order valence-corrected chi connectivity index (χ2v) is 5.02. The molecule has 0 aliphatic heterocycles. The van der Waals surface area contributed by atoms with Gasteiger partial charge in [0.1, 0.15) is 10.8 Å². The topological polar surface area (TPSA) is 17.8 Å². The third-order valence-corrected chi connectivity index (χ3v) is 3.49. The van der Waals surface area contributed by atoms with Crippen molar-refractivity contribution in [2.24, 2.45) is 0 Å². The molecule has 2 rings (SSSR count). The normalized spacial score (nSPS) is 11.2. The van der Waals surface area contributed by atoms with Gasteiger partial charge in [-0.15, -0.1) is 11.6 Å². The molecule has 2 aromatic rings. The van der Waals surface area contributed by atoms with Gasteiger partial charge in [-0.25, -0.2) is 13.5 Å². The number of nitrogens with zero attached hydrogens (tertiary/aromatic N) is 2. The Balaban J connectivity index is 2.59. The minimum absolute atomic E-state index is 0.105. The van der Waals surface area contributed by atoms with Gasteiger partial charge in [-0.1, -0.05) is 33.6 Å². The smallest absolute Gasteiger partial charge is 0.221 e. The molecule has 0 saturated carbocycles. The lowest BCUT2D eigenvalue weighted by molar-refractivity contribution is 0.144. The van der Waals surface area contributed by atoms with E-state index in [4.69, 9.17) is 23.2 Å². The van der Waals surface area contributed by atoms with Crippen molar-refractivity contribution in [1.29, 1.82) is 0 Å². The number of alkyl halides is 3. The predicted octanol–water partition coefficient (Wildman–Crippen LogP) is 4.96. The molecule has 0 aliphatic rings. The van der Waals surface area contributed by atoms with Gasteiger partial charge in [-0.05, 0) is 18.2 Å². The zero-order valence-electron chi connectivity index (χ0n) is 8.88. The molecular formula is C11H7BrCl2F2N2. The van der Waals surface area contributed by atoms with Crippen LogP contribution in [0.1, 0.15) is 17.7 Å². The molecule has 0 amide bonds. The van der Waals surface area contributed by atoms with Crippen LogP contribution < -0.4 is 0 Å². The summed E-state index contributed by atoms with van der Waals surface area (Å²) in [5, 5.41) is 3.93. The molecule has 0 N–H and O–H groups in total. The van der Waals surface area contributed by atoms with Crippen LogP contribution in [0.5, 0.6) is 0 Å². The van der Waals surface area contributed by atoms with Gasteiger partial charge in [-0.2, -0.15) is 5.10 Å². The van der Waals surface area contributed by atoms with Crippen LogP contribution >= 0.6 is 39.1 Å². The summed E-state index contributed by atoms with van der Waals surface area (Å²) in [5.74, 6) is -0.105. The van der Waals surface area contributed by atoms with Crippen LogP contribution in [0.15, 0.2) is 28.7 Å². The first-order chi connectivity index (χ1) is 8.54. The van der Waals surface area contributed by atoms with Crippen molar-refractivity contribution < 1.29 is 8.78 Å². The Hall–Kier alpha value is -0.650. The van der Waals surface area contributed by atoms with Gasteiger partial charge < -0.3 is 0 Å². The van der Waals surface area contributed by atoms with Gasteiger partial charge in [0.05, 0.1) is 11.6 Å². The molecule has 18 heavy (non-hydrogen) atoms. The van der Waals surface area contributed by atoms with Crippen LogP contribution in [0.25, 0.3) is 5.69 Å². The highest BCUT2D eigenvalue weighted by Crippen LogP contribution is 2.31. The lowest BCUT2D eigenvalue weighted by Crippen LogP contribution is -1.97. The zero-order valence-corrected chi connectivity index (χ0v) is 12.0. The van der Waals surface area contributed by atoms with Gasteiger partial charge in [0, 0.05) is 10.0 Å². The highest BCUT2D eigenvalue weighted by atomic mass is 79.9. The minimum atomic E-state index is -2.70. The maximum atomic E-state index is 12.8. The van der Waals surface area contributed by atoms with E-state index >= 15 is 0 Å². The average Bonchev–Trinajstić information content (AvgIpc) is 2.66. The summed E-state index contributed by atoms with van der Waals surface area (Å²) >= 11 is 15.0. The Bertz CT molecular complexity index is 572. The van der Waals surface area contributed by atoms with Crippen molar-refractivity contribution in [2.45, 2.75) is 12.3 Å². The summed E-state index contributed by atoms with van der Waals surface area (Å²) in [6.07, 6.45) is -2.70. The number of hydrogen-bond donors (Lipinski definition) is 0. The molecule has 2 nitrogen and oxygen atoms in total. The first kappa shape index (κ1) is 13.8. The summed E-state index contributed by atoms with van der Waals surface area (Å²) in [7, 11) is 0. The average molecular weight is 356 g/mol. The molecular weight excluding hydrogens is 349 g/mol. The monoisotopic (exact) mass is 354 g/mol. The van der Waals surface area contributed by atoms with Crippen molar-refractivity contribution in [3.63, 3.8) is 0 Å². The van der Waals surface area contributed by atoms with E-state index in [0.29, 0.717) is 5.69 Å². The van der Waals surface area contributed by atoms with Crippen molar-refractivity contribution >= 4 is 39.1 Å². The largest absolute Gasteiger partial charge is 0.282 e. The molecule has 0 bridgehead atoms. The molecule has 0 spiro atoms. The molecule has 96 valence electrons. The first-order valence-electron chi connectivity index (χ1n) is 4.92. The summed E-state index contributed by atoms with van der Waals surface area (Å²) in [5.41, 5.74) is 0.371. The summed E-state index contributed by atoms with van der Waals surface area (Å²) in [4.78, 5) is 0. The Morgan fingerprint density at radius 3 is 2.61 bits per heavy atom. The predicted molar refractivity (Wildman–Crippen MR) is 70.8 cm³/mol. The molecule has 0 unspecified atom stereocenters. The lowest BCUT2D eigenvalue weighted by atomic mass is 10.3. The lowest BCUT2D eigenvalue weighted by Gasteiger charge is -2.03. The van der Waals surface area contributed by atoms with Gasteiger partial charge in [0.25, 0.3) is 6.43 Å². The molecule has 0 fully saturated rings. The van der Waals surface area contributed by atoms with E-state index < -0.39 is 6.43 Å². The molecule has 1 aromatic carbocycles. The second kappa shape index (κ2) is 5.55. The molecule has 7 heteroatoms. The molecule has 0 saturated heterocycles. The van der Waals surface area contributed by atoms with E-state index in [1.54, 1.807) is 18.2 Å². The van der Waals surface area contributed by atoms with E-state index in [0.717, 1.165) is 4.47 Å². The van der Waals surface area contributed by atoms with Gasteiger partial charge >= 0.3 is 0 Å². The maximum Gasteiger partial charge on any atom is 0.282 e. The summed E-state index contributed by atoms with van der Waals surface area (Å²) < 4.78 is 27.7. The zero-order chi connectivity index (χ0) is 13.3. The number of halogens is 5. The van der Waals surface area contributed by atoms with Crippen molar-refractivity contribution in [3.8, 4) is 5.69 Å². The van der Waals surface area contributed by atoms with Crippen LogP contribution in [0.3, 0.4) is 0 Å². The fourth-order valence-electron chi connectivity index (χ4n) is 1.52. The molecule has 0 radical (unpaired) electrons. The van der Waals surface area contributed by atoms with Crippen LogP contribution in [0.2, 0.25) is 5.15 Å². The van der Waals surface area contributed by atoms with Crippen LogP contribution in [0.4, 0.5) is 8.78 Å². The third kappa shape index (κ3) is 2.53. The number of hydrogen-bond acceptors (Lipinski definition) is 1. The quantitative estimate of drug-likeness (QED) is 0.711. The van der Waals surface area contributed by atoms with E-state index in [-0.39, 0.29) is 22.3 Å². The van der Waals surface area contributed by atoms with Crippen LogP contribution in [0, 0.1) is 0 Å². The van der Waals surface area contributed by atoms with E-state index in [2.05, 4.69) is 21.0 Å². The number of rotatable bonds is 3. The molecule has 0 atom stereocenters. The van der Waals surface area contributed by atoms with Crippen LogP contribution in [-0.4, -0.2) is 9.78 Å². The van der Waals surface area contributed by atoms with Crippen molar-refractivity contribution in [1.82, 2.24) is 9.78 Å². The van der Waals surface area contributed by atoms with Crippen molar-refractivity contribution in [2.75, 3.05) is 0 Å². The highest BCUT2D eigenvalue weighted by Gasteiger charge is 2.23. The summed E-state index contributed by atoms with van der Waals surface area (Å²) in [6.45, 7) is 0. The number of aromatic nitrogens is 2. The van der Waals surface area contributed by atoms with E-state index in [1.807, 2.05) is 6.07 Å². The standard InChI is InChI=1S/C11H7BrCl2F2N2/c12-6-2-1-3-7(4-6)18-10(14)8(5-13)9(17-18)11(15)16/h1-4,11H,5H2. The van der Waals surface area contributed by atoms with E-state index in [9.17, 15) is 8.78 Å². The van der Waals surface area contributed by atoms with Crippen LogP contribution in [-0.2, 0) is 5.88 Å². The van der Waals surface area contributed by atoms with Gasteiger partial charge in [-0.3, -0.25) is 0 Å². The fourth-order valence-corrected chi connectivity index (χ4v) is 2.54. The summed E-state index contributed by atoms with van der Waals surface area (Å²) in [6, 6.07) is 7.03. The molecule has 1 aromatic heterocycles. The SMILES string of the molecule is FC(F)c1nn(-c2cccc(Br)c2)c(Cl)c1CCl. The van der Waals surface area contributed by atoms with Crippen molar-refractivity contribution in [3.05, 3.63) is 45.1 Å². The third-order valence-electron chi connectivity index (χ3n) is 2.34. The Morgan fingerprint density at radius 1 is 1.39 bits per heavy atom.